The van der Waals surface area contributed by atoms with E-state index >= 15 is 0 Å². The molecule has 2 N–H and O–H groups in total. The van der Waals surface area contributed by atoms with Gasteiger partial charge >= 0.3 is 6.01 Å². The van der Waals surface area contributed by atoms with Gasteiger partial charge in [0.05, 0.1) is 0 Å². The Morgan fingerprint density at radius 2 is 2.12 bits per heavy atom. The summed E-state index contributed by atoms with van der Waals surface area (Å²) in [7, 11) is 0. The molecule has 0 saturated heterocycles. The Balaban J connectivity index is 2.10. The molecule has 0 radical (unpaired) electrons. The molecule has 1 heterocycles. The summed E-state index contributed by atoms with van der Waals surface area (Å²) in [6, 6.07) is 6.09. The summed E-state index contributed by atoms with van der Waals surface area (Å²) >= 11 is 0. The predicted octanol–water partition coefficient (Wildman–Crippen LogP) is 4.78. The van der Waals surface area contributed by atoms with Crippen LogP contribution >= 0.6 is 0 Å². The number of anilines is 1. The fourth-order valence-corrected chi connectivity index (χ4v) is 1.97. The second kappa shape index (κ2) is 8.27. The third-order valence-corrected chi connectivity index (χ3v) is 3.58. The topological polar surface area (TPSA) is 83.2 Å². The van der Waals surface area contributed by atoms with Gasteiger partial charge in [0.15, 0.2) is 0 Å². The third kappa shape index (κ3) is 5.03. The van der Waals surface area contributed by atoms with E-state index in [0.29, 0.717) is 17.1 Å². The number of aryl methyl sites for hydroxylation is 2. The number of nitrogens with zero attached hydrogens (tertiary/aromatic N) is 3. The van der Waals surface area contributed by atoms with Gasteiger partial charge in [-0.3, -0.25) is 0 Å². The van der Waals surface area contributed by atoms with Crippen molar-refractivity contribution in [1.29, 1.82) is 5.53 Å². The number of hydrogen-bond acceptors (Lipinski definition) is 6. The number of nitrogens with one attached hydrogen (secondary N) is 2. The molecule has 0 saturated carbocycles. The quantitative estimate of drug-likeness (QED) is 0.706. The van der Waals surface area contributed by atoms with Gasteiger partial charge in [-0.2, -0.15) is 5.11 Å². The molecule has 1 aromatic carbocycles. The Morgan fingerprint density at radius 1 is 1.36 bits per heavy atom. The third-order valence-electron chi connectivity index (χ3n) is 3.58. The van der Waals surface area contributed by atoms with Gasteiger partial charge in [-0.05, 0) is 38.5 Å². The predicted molar refractivity (Wildman–Crippen MR) is 89.9 cm³/mol. The molecule has 0 spiro atoms. The van der Waals surface area contributed by atoms with Gasteiger partial charge in [-0.15, -0.1) is 0 Å². The van der Waals surface area contributed by atoms with E-state index in [1.54, 1.807) is 19.2 Å². The van der Waals surface area contributed by atoms with Crippen LogP contribution in [0.4, 0.5) is 14.5 Å². The van der Waals surface area contributed by atoms with Crippen LogP contribution in [0.2, 0.25) is 0 Å². The molecule has 0 aliphatic rings. The van der Waals surface area contributed by atoms with Crippen molar-refractivity contribution in [2.24, 2.45) is 5.11 Å². The molecule has 1 aromatic heterocycles. The zero-order chi connectivity index (χ0) is 18.4. The molecule has 0 aliphatic carbocycles. The molecule has 0 unspecified atom stereocenters. The normalized spacial score (nSPS) is 11.9. The highest BCUT2D eigenvalue weighted by Gasteiger charge is 2.09. The van der Waals surface area contributed by atoms with Gasteiger partial charge in [0.1, 0.15) is 12.3 Å². The van der Waals surface area contributed by atoms with E-state index in [1.165, 1.54) is 18.2 Å². The van der Waals surface area contributed by atoms with Crippen LogP contribution < -0.4 is 10.1 Å². The van der Waals surface area contributed by atoms with Gasteiger partial charge in [0, 0.05) is 28.8 Å². The molecule has 25 heavy (non-hydrogen) atoms. The fourth-order valence-electron chi connectivity index (χ4n) is 1.97. The number of alkyl halides is 2. The molecule has 2 aromatic rings. The largest absolute Gasteiger partial charge is 0.457 e. The summed E-state index contributed by atoms with van der Waals surface area (Å²) in [6.07, 6.45) is -0.892. The molecule has 8 heteroatoms. The van der Waals surface area contributed by atoms with E-state index in [9.17, 15) is 8.78 Å². The smallest absolute Gasteiger partial charge is 0.316 e. The standard InChI is InChI=1S/C17H19F2N5O/c1-10-8-21-17(23-11(10)2)25-9-15(24-20)12(3)22-14-6-4-5-13(7-14)16(18)19/h4-8,16,20,22H,9H2,1-3H3/b15-12-,24-20?. The van der Waals surface area contributed by atoms with Crippen LogP contribution in [-0.4, -0.2) is 16.6 Å². The minimum atomic E-state index is -2.54. The van der Waals surface area contributed by atoms with Crippen LogP contribution in [0.5, 0.6) is 6.01 Å². The molecule has 132 valence electrons. The lowest BCUT2D eigenvalue weighted by Gasteiger charge is -2.12. The number of rotatable bonds is 7. The highest BCUT2D eigenvalue weighted by atomic mass is 19.3. The summed E-state index contributed by atoms with van der Waals surface area (Å²) in [5.74, 6) is 0. The van der Waals surface area contributed by atoms with Crippen molar-refractivity contribution < 1.29 is 13.5 Å². The van der Waals surface area contributed by atoms with Gasteiger partial charge in [0.25, 0.3) is 6.43 Å². The van der Waals surface area contributed by atoms with Crippen LogP contribution in [0.15, 0.2) is 47.0 Å². The van der Waals surface area contributed by atoms with Crippen LogP contribution in [0.1, 0.15) is 30.2 Å². The first kappa shape index (κ1) is 18.4. The van der Waals surface area contributed by atoms with Crippen LogP contribution in [0.3, 0.4) is 0 Å². The highest BCUT2D eigenvalue weighted by Crippen LogP contribution is 2.23. The maximum atomic E-state index is 12.8. The van der Waals surface area contributed by atoms with Crippen LogP contribution in [0.25, 0.3) is 0 Å². The Hall–Kier alpha value is -2.90. The highest BCUT2D eigenvalue weighted by molar-refractivity contribution is 5.50. The lowest BCUT2D eigenvalue weighted by atomic mass is 10.2. The van der Waals surface area contributed by atoms with Crippen LogP contribution in [-0.2, 0) is 0 Å². The van der Waals surface area contributed by atoms with Crippen molar-refractivity contribution in [3.63, 3.8) is 0 Å². The minimum Gasteiger partial charge on any atom is -0.457 e. The number of hydrogen-bond donors (Lipinski definition) is 2. The lowest BCUT2D eigenvalue weighted by Crippen LogP contribution is -2.08. The zero-order valence-corrected chi connectivity index (χ0v) is 14.2. The van der Waals surface area contributed by atoms with E-state index in [2.05, 4.69) is 20.4 Å². The maximum absolute atomic E-state index is 12.8. The van der Waals surface area contributed by atoms with Crippen molar-refractivity contribution in [3.8, 4) is 6.01 Å². The monoisotopic (exact) mass is 347 g/mol. The lowest BCUT2D eigenvalue weighted by molar-refractivity contribution is 0.151. The number of ether oxygens (including phenoxy) is 1. The van der Waals surface area contributed by atoms with E-state index in [-0.39, 0.29) is 18.2 Å². The molecule has 6 nitrogen and oxygen atoms in total. The molecule has 0 fully saturated rings. The van der Waals surface area contributed by atoms with E-state index < -0.39 is 6.43 Å². The Kier molecular flexibility index (Phi) is 6.10. The molecule has 0 atom stereocenters. The van der Waals surface area contributed by atoms with Crippen molar-refractivity contribution in [3.05, 3.63) is 58.7 Å². The summed E-state index contributed by atoms with van der Waals surface area (Å²) in [4.78, 5) is 8.25. The van der Waals surface area contributed by atoms with E-state index in [0.717, 1.165) is 11.3 Å². The number of allylic oxidation sites excluding steroid dienone is 1. The number of halogens is 2. The first-order valence-corrected chi connectivity index (χ1v) is 7.56. The van der Waals surface area contributed by atoms with Gasteiger partial charge in [-0.25, -0.2) is 24.3 Å². The summed E-state index contributed by atoms with van der Waals surface area (Å²) in [5.41, 5.74) is 10.3. The summed E-state index contributed by atoms with van der Waals surface area (Å²) in [6.45, 7) is 5.41. The SMILES string of the molecule is C/C(Nc1cccc(C(F)F)c1)=C(\COc1ncc(C)c(C)n1)N=N. The number of benzene rings is 1. The fraction of sp³-hybridized carbons (Fsp3) is 0.294. The second-order valence-electron chi connectivity index (χ2n) is 5.44. The zero-order valence-electron chi connectivity index (χ0n) is 14.2. The molecule has 2 rings (SSSR count). The average molecular weight is 347 g/mol. The first-order chi connectivity index (χ1) is 11.9. The van der Waals surface area contributed by atoms with Gasteiger partial charge < -0.3 is 10.1 Å². The van der Waals surface area contributed by atoms with Crippen molar-refractivity contribution >= 4 is 5.69 Å². The molecule has 0 bridgehead atoms. The van der Waals surface area contributed by atoms with Crippen LogP contribution in [0, 0.1) is 19.4 Å². The van der Waals surface area contributed by atoms with Gasteiger partial charge in [-0.1, -0.05) is 12.1 Å². The Labute approximate surface area is 144 Å². The first-order valence-electron chi connectivity index (χ1n) is 7.56. The molecular weight excluding hydrogens is 328 g/mol. The Morgan fingerprint density at radius 3 is 2.76 bits per heavy atom. The average Bonchev–Trinajstić information content (AvgIpc) is 2.58. The minimum absolute atomic E-state index is 0.0145. The maximum Gasteiger partial charge on any atom is 0.316 e. The van der Waals surface area contributed by atoms with E-state index in [4.69, 9.17) is 10.3 Å². The van der Waals surface area contributed by atoms with Crippen molar-refractivity contribution in [2.45, 2.75) is 27.2 Å². The van der Waals surface area contributed by atoms with Crippen molar-refractivity contribution in [2.75, 3.05) is 11.9 Å². The summed E-state index contributed by atoms with van der Waals surface area (Å²) < 4.78 is 31.0. The van der Waals surface area contributed by atoms with E-state index in [1.807, 2.05) is 13.8 Å². The van der Waals surface area contributed by atoms with Gasteiger partial charge in [0.2, 0.25) is 0 Å². The summed E-state index contributed by atoms with van der Waals surface area (Å²) in [5, 5.41) is 6.39. The Bertz CT molecular complexity index is 792. The molecule has 0 aliphatic heterocycles. The number of aromatic nitrogens is 2. The molecule has 0 amide bonds. The van der Waals surface area contributed by atoms with Crippen molar-refractivity contribution in [1.82, 2.24) is 9.97 Å². The molecular formula is C17H19F2N5O. The second-order valence-corrected chi connectivity index (χ2v) is 5.44.